The van der Waals surface area contributed by atoms with Gasteiger partial charge in [-0.1, -0.05) is 18.2 Å². The van der Waals surface area contributed by atoms with Crippen molar-refractivity contribution in [3.63, 3.8) is 0 Å². The molecule has 0 spiro atoms. The van der Waals surface area contributed by atoms with Crippen LogP contribution in [0.15, 0.2) is 73.1 Å². The summed E-state index contributed by atoms with van der Waals surface area (Å²) < 4.78 is 29.7. The van der Waals surface area contributed by atoms with Crippen molar-refractivity contribution in [2.45, 2.75) is 6.42 Å². The van der Waals surface area contributed by atoms with Crippen LogP contribution in [0.4, 0.5) is 4.39 Å². The Morgan fingerprint density at radius 2 is 1.87 bits per heavy atom. The second kappa shape index (κ2) is 10.7. The number of ether oxygens (including phenoxy) is 3. The topological polar surface area (TPSA) is 74.7 Å². The van der Waals surface area contributed by atoms with Crippen LogP contribution in [0.25, 0.3) is 6.08 Å². The lowest BCUT2D eigenvalue weighted by molar-refractivity contribution is -0.142. The van der Waals surface area contributed by atoms with Crippen LogP contribution in [0.2, 0.25) is 0 Å². The Kier molecular flexibility index (Phi) is 7.48. The van der Waals surface area contributed by atoms with Crippen LogP contribution in [0.5, 0.6) is 17.2 Å². The van der Waals surface area contributed by atoms with E-state index in [1.54, 1.807) is 55.8 Å². The molecule has 0 amide bonds. The van der Waals surface area contributed by atoms with Crippen molar-refractivity contribution >= 4 is 17.8 Å². The van der Waals surface area contributed by atoms with Crippen LogP contribution in [0, 0.1) is 5.82 Å². The SMILES string of the molecule is COc1ccc(CC(=O)COC(=O)/C=C/c2ccc(Oc3cccnc3)c(F)c2)cc1. The first-order valence-electron chi connectivity index (χ1n) is 9.40. The zero-order valence-electron chi connectivity index (χ0n) is 16.8. The highest BCUT2D eigenvalue weighted by Crippen LogP contribution is 2.24. The predicted molar refractivity (Wildman–Crippen MR) is 112 cm³/mol. The standard InChI is InChI=1S/C24H20FNO5/c1-29-20-8-4-17(5-9-20)13-19(27)16-30-24(28)11-7-18-6-10-23(22(25)14-18)31-21-3-2-12-26-15-21/h2-12,14-15H,13,16H2,1H3/b11-7+. The summed E-state index contributed by atoms with van der Waals surface area (Å²) >= 11 is 0. The van der Waals surface area contributed by atoms with Crippen LogP contribution < -0.4 is 9.47 Å². The summed E-state index contributed by atoms with van der Waals surface area (Å²) in [5, 5.41) is 0. The number of nitrogens with zero attached hydrogens (tertiary/aromatic N) is 1. The van der Waals surface area contributed by atoms with Gasteiger partial charge in [-0.25, -0.2) is 9.18 Å². The van der Waals surface area contributed by atoms with E-state index in [9.17, 15) is 14.0 Å². The molecule has 158 valence electrons. The molecule has 0 saturated carbocycles. The number of carbonyl (C=O) groups excluding carboxylic acids is 2. The van der Waals surface area contributed by atoms with Crippen molar-refractivity contribution in [2.24, 2.45) is 0 Å². The Morgan fingerprint density at radius 3 is 2.55 bits per heavy atom. The zero-order valence-corrected chi connectivity index (χ0v) is 16.8. The quantitative estimate of drug-likeness (QED) is 0.377. The van der Waals surface area contributed by atoms with Gasteiger partial charge < -0.3 is 14.2 Å². The molecule has 0 N–H and O–H groups in total. The number of esters is 1. The maximum absolute atomic E-state index is 14.2. The van der Waals surface area contributed by atoms with Gasteiger partial charge in [0, 0.05) is 18.7 Å². The minimum atomic E-state index is -0.695. The lowest BCUT2D eigenvalue weighted by atomic mass is 10.1. The molecule has 3 rings (SSSR count). The van der Waals surface area contributed by atoms with Crippen molar-refractivity contribution in [1.29, 1.82) is 0 Å². The van der Waals surface area contributed by atoms with Gasteiger partial charge in [-0.3, -0.25) is 9.78 Å². The van der Waals surface area contributed by atoms with Gasteiger partial charge in [-0.2, -0.15) is 0 Å². The van der Waals surface area contributed by atoms with Crippen molar-refractivity contribution in [2.75, 3.05) is 13.7 Å². The van der Waals surface area contributed by atoms with E-state index in [-0.39, 0.29) is 24.6 Å². The molecule has 0 radical (unpaired) electrons. The minimum absolute atomic E-state index is 0.0388. The van der Waals surface area contributed by atoms with Gasteiger partial charge in [-0.05, 0) is 53.6 Å². The highest BCUT2D eigenvalue weighted by Gasteiger charge is 2.08. The third-order valence-corrected chi connectivity index (χ3v) is 4.17. The van der Waals surface area contributed by atoms with Gasteiger partial charge in [0.15, 0.2) is 24.0 Å². The first kappa shape index (κ1) is 21.7. The average Bonchev–Trinajstić information content (AvgIpc) is 2.79. The smallest absolute Gasteiger partial charge is 0.331 e. The second-order valence-electron chi connectivity index (χ2n) is 6.49. The van der Waals surface area contributed by atoms with E-state index in [4.69, 9.17) is 14.2 Å². The van der Waals surface area contributed by atoms with E-state index < -0.39 is 11.8 Å². The summed E-state index contributed by atoms with van der Waals surface area (Å²) in [7, 11) is 1.56. The number of methoxy groups -OCH3 is 1. The van der Waals surface area contributed by atoms with Gasteiger partial charge >= 0.3 is 5.97 Å². The minimum Gasteiger partial charge on any atom is -0.497 e. The van der Waals surface area contributed by atoms with Crippen LogP contribution in [0.3, 0.4) is 0 Å². The molecule has 0 aliphatic carbocycles. The van der Waals surface area contributed by atoms with Gasteiger partial charge in [0.05, 0.1) is 13.3 Å². The molecule has 0 aliphatic heterocycles. The summed E-state index contributed by atoms with van der Waals surface area (Å²) in [6.07, 6.45) is 5.73. The maximum Gasteiger partial charge on any atom is 0.331 e. The molecule has 1 heterocycles. The summed E-state index contributed by atoms with van der Waals surface area (Å²) in [5.74, 6) is -0.381. The van der Waals surface area contributed by atoms with Crippen molar-refractivity contribution < 1.29 is 28.2 Å². The number of Topliss-reactive ketones (excluding diaryl/α,β-unsaturated/α-hetero) is 1. The number of hydrogen-bond acceptors (Lipinski definition) is 6. The first-order valence-corrected chi connectivity index (χ1v) is 9.40. The molecule has 1 aromatic heterocycles. The normalized spacial score (nSPS) is 10.6. The number of carbonyl (C=O) groups is 2. The predicted octanol–water partition coefficient (Wildman–Crippen LogP) is 4.39. The summed E-state index contributed by atoms with van der Waals surface area (Å²) in [6, 6.07) is 14.7. The molecule has 0 unspecified atom stereocenters. The van der Waals surface area contributed by atoms with E-state index in [0.29, 0.717) is 17.1 Å². The van der Waals surface area contributed by atoms with Crippen LogP contribution in [-0.4, -0.2) is 30.5 Å². The van der Waals surface area contributed by atoms with Crippen LogP contribution >= 0.6 is 0 Å². The van der Waals surface area contributed by atoms with Gasteiger partial charge in [0.25, 0.3) is 0 Å². The number of aromatic nitrogens is 1. The van der Waals surface area contributed by atoms with Crippen LogP contribution in [-0.2, 0) is 20.7 Å². The van der Waals surface area contributed by atoms with Gasteiger partial charge in [0.1, 0.15) is 11.5 Å². The fourth-order valence-electron chi connectivity index (χ4n) is 2.62. The Morgan fingerprint density at radius 1 is 1.06 bits per heavy atom. The molecule has 0 fully saturated rings. The molecule has 0 atom stereocenters. The third kappa shape index (κ3) is 6.78. The number of rotatable bonds is 9. The zero-order chi connectivity index (χ0) is 22.1. The van der Waals surface area contributed by atoms with Crippen molar-refractivity contribution in [3.8, 4) is 17.2 Å². The molecule has 3 aromatic rings. The van der Waals surface area contributed by atoms with Gasteiger partial charge in [0.2, 0.25) is 0 Å². The van der Waals surface area contributed by atoms with E-state index in [1.165, 1.54) is 24.4 Å². The van der Waals surface area contributed by atoms with Gasteiger partial charge in [-0.15, -0.1) is 0 Å². The fraction of sp³-hybridized carbons (Fsp3) is 0.125. The highest BCUT2D eigenvalue weighted by molar-refractivity contribution is 5.90. The molecule has 0 bridgehead atoms. The highest BCUT2D eigenvalue weighted by atomic mass is 19.1. The summed E-state index contributed by atoms with van der Waals surface area (Å²) in [5.41, 5.74) is 1.24. The van der Waals surface area contributed by atoms with Crippen molar-refractivity contribution in [3.05, 3.63) is 90.0 Å². The van der Waals surface area contributed by atoms with E-state index in [2.05, 4.69) is 4.98 Å². The molecular formula is C24H20FNO5. The molecule has 7 heteroatoms. The number of pyridine rings is 1. The van der Waals surface area contributed by atoms with Crippen LogP contribution in [0.1, 0.15) is 11.1 Å². The van der Waals surface area contributed by atoms with E-state index in [0.717, 1.165) is 11.6 Å². The summed E-state index contributed by atoms with van der Waals surface area (Å²) in [4.78, 5) is 27.7. The number of ketones is 1. The number of hydrogen-bond donors (Lipinski definition) is 0. The number of benzene rings is 2. The molecule has 31 heavy (non-hydrogen) atoms. The Labute approximate surface area is 178 Å². The largest absolute Gasteiger partial charge is 0.497 e. The maximum atomic E-state index is 14.2. The lowest BCUT2D eigenvalue weighted by Gasteiger charge is -2.06. The monoisotopic (exact) mass is 421 g/mol. The molecule has 0 saturated heterocycles. The lowest BCUT2D eigenvalue weighted by Crippen LogP contribution is -2.14. The van der Waals surface area contributed by atoms with Crippen molar-refractivity contribution in [1.82, 2.24) is 4.98 Å². The molecular weight excluding hydrogens is 401 g/mol. The second-order valence-corrected chi connectivity index (χ2v) is 6.49. The molecule has 2 aromatic carbocycles. The Bertz CT molecular complexity index is 1070. The molecule has 0 aliphatic rings. The summed E-state index contributed by atoms with van der Waals surface area (Å²) in [6.45, 7) is -0.346. The van der Waals surface area contributed by atoms with E-state index >= 15 is 0 Å². The third-order valence-electron chi connectivity index (χ3n) is 4.17. The Balaban J connectivity index is 1.48. The average molecular weight is 421 g/mol. The fourth-order valence-corrected chi connectivity index (χ4v) is 2.62. The first-order chi connectivity index (χ1) is 15.0. The Hall–Kier alpha value is -4.00. The molecule has 6 nitrogen and oxygen atoms in total. The number of halogens is 1. The van der Waals surface area contributed by atoms with E-state index in [1.807, 2.05) is 0 Å².